The monoisotopic (exact) mass is 587 g/mol. The SMILES string of the molecule is CC[C@H](Nc1cc(C(F)F)c(-c2sc(C(=O)N[C@H]3CC[C@H](O)C3)nc2C(=O)N2[C@H]3CC[C@@H]2CC3)cn1)C(F)(F)F. The number of halogens is 5. The molecule has 4 heterocycles. The molecule has 2 amide bonds. The van der Waals surface area contributed by atoms with E-state index in [0.29, 0.717) is 19.3 Å². The number of rotatable bonds is 8. The van der Waals surface area contributed by atoms with Gasteiger partial charge in [-0.2, -0.15) is 13.2 Å². The first-order valence-electron chi connectivity index (χ1n) is 13.4. The lowest BCUT2D eigenvalue weighted by Crippen LogP contribution is -2.36. The number of hydrogen-bond acceptors (Lipinski definition) is 7. The van der Waals surface area contributed by atoms with Crippen molar-refractivity contribution in [2.24, 2.45) is 0 Å². The normalized spacial score (nSPS) is 25.1. The molecule has 3 aliphatic rings. The van der Waals surface area contributed by atoms with Crippen molar-refractivity contribution in [3.8, 4) is 10.4 Å². The Bertz CT molecular complexity index is 1250. The number of carbonyl (C=O) groups is 2. The van der Waals surface area contributed by atoms with E-state index in [1.807, 2.05) is 0 Å². The van der Waals surface area contributed by atoms with Crippen molar-refractivity contribution in [1.29, 1.82) is 0 Å². The minimum Gasteiger partial charge on any atom is -0.393 e. The third-order valence-corrected chi connectivity index (χ3v) is 9.08. The predicted molar refractivity (Wildman–Crippen MR) is 137 cm³/mol. The molecule has 1 aliphatic carbocycles. The van der Waals surface area contributed by atoms with Crippen LogP contribution < -0.4 is 10.6 Å². The molecule has 0 radical (unpaired) electrons. The van der Waals surface area contributed by atoms with E-state index in [9.17, 15) is 36.6 Å². The van der Waals surface area contributed by atoms with Gasteiger partial charge in [0.2, 0.25) is 0 Å². The molecule has 0 spiro atoms. The van der Waals surface area contributed by atoms with Crippen LogP contribution in [0, 0.1) is 0 Å². The number of carbonyl (C=O) groups excluding carboxylic acids is 2. The molecule has 1 saturated carbocycles. The molecule has 2 bridgehead atoms. The van der Waals surface area contributed by atoms with E-state index >= 15 is 0 Å². The molecule has 218 valence electrons. The Balaban J connectivity index is 1.52. The van der Waals surface area contributed by atoms with Crippen LogP contribution in [-0.2, 0) is 0 Å². The fourth-order valence-electron chi connectivity index (χ4n) is 5.96. The van der Waals surface area contributed by atoms with Crippen LogP contribution in [0.2, 0.25) is 0 Å². The van der Waals surface area contributed by atoms with Crippen LogP contribution >= 0.6 is 11.3 Å². The second-order valence-corrected chi connectivity index (χ2v) is 11.6. The Labute approximate surface area is 231 Å². The number of fused-ring (bicyclic) bond motifs is 2. The summed E-state index contributed by atoms with van der Waals surface area (Å²) < 4.78 is 68.4. The van der Waals surface area contributed by atoms with E-state index < -0.39 is 42.1 Å². The van der Waals surface area contributed by atoms with Gasteiger partial charge in [-0.05, 0) is 57.4 Å². The quantitative estimate of drug-likeness (QED) is 0.362. The number of pyridine rings is 1. The summed E-state index contributed by atoms with van der Waals surface area (Å²) in [5, 5.41) is 14.6. The molecule has 0 unspecified atom stereocenters. The third-order valence-electron chi connectivity index (χ3n) is 7.99. The van der Waals surface area contributed by atoms with Crippen molar-refractivity contribution < 1.29 is 36.6 Å². The molecule has 3 atom stereocenters. The van der Waals surface area contributed by atoms with Gasteiger partial charge in [0.1, 0.15) is 17.6 Å². The summed E-state index contributed by atoms with van der Waals surface area (Å²) in [6, 6.07) is -1.39. The zero-order valence-electron chi connectivity index (χ0n) is 21.7. The van der Waals surface area contributed by atoms with Crippen molar-refractivity contribution in [3.05, 3.63) is 28.5 Å². The lowest BCUT2D eigenvalue weighted by atomic mass is 10.0. The van der Waals surface area contributed by atoms with Crippen LogP contribution in [-0.4, -0.2) is 68.2 Å². The summed E-state index contributed by atoms with van der Waals surface area (Å²) in [5.74, 6) is -1.43. The summed E-state index contributed by atoms with van der Waals surface area (Å²) in [6.45, 7) is 1.31. The van der Waals surface area contributed by atoms with Gasteiger partial charge in [0.25, 0.3) is 18.2 Å². The highest BCUT2D eigenvalue weighted by Crippen LogP contribution is 2.42. The van der Waals surface area contributed by atoms with Crippen LogP contribution in [0.15, 0.2) is 12.3 Å². The number of amides is 2. The van der Waals surface area contributed by atoms with Gasteiger partial charge in [0, 0.05) is 35.4 Å². The van der Waals surface area contributed by atoms with Crippen molar-refractivity contribution in [1.82, 2.24) is 20.2 Å². The summed E-state index contributed by atoms with van der Waals surface area (Å²) in [7, 11) is 0. The van der Waals surface area contributed by atoms with Crippen molar-refractivity contribution >= 4 is 29.0 Å². The summed E-state index contributed by atoms with van der Waals surface area (Å²) in [4.78, 5) is 36.8. The number of aromatic nitrogens is 2. The van der Waals surface area contributed by atoms with Crippen LogP contribution in [0.25, 0.3) is 10.4 Å². The summed E-state index contributed by atoms with van der Waals surface area (Å²) in [6.07, 6.45) is -2.78. The number of anilines is 1. The zero-order chi connectivity index (χ0) is 28.8. The van der Waals surface area contributed by atoms with E-state index in [1.165, 1.54) is 6.92 Å². The standard InChI is InChI=1S/C26H30F5N5O3S/c1-2-18(26(29,30)31)34-19-10-16(22(27)28)17(11-32-19)21-20(25(39)36-13-4-5-14(36)7-6-13)35-24(40-21)23(38)33-12-3-8-15(37)9-12/h10-15,18,22,37H,2-9H2,1H3,(H,32,34)(H,33,38)/t12-,13-,14+,15-,18-/m0/s1. The lowest BCUT2D eigenvalue weighted by Gasteiger charge is -2.22. The predicted octanol–water partition coefficient (Wildman–Crippen LogP) is 5.31. The number of aliphatic hydroxyl groups excluding tert-OH is 1. The van der Waals surface area contributed by atoms with Crippen LogP contribution in [0.1, 0.15) is 90.6 Å². The van der Waals surface area contributed by atoms with Gasteiger partial charge in [-0.15, -0.1) is 11.3 Å². The van der Waals surface area contributed by atoms with Crippen molar-refractivity contribution in [2.75, 3.05) is 5.32 Å². The molecule has 5 rings (SSSR count). The van der Waals surface area contributed by atoms with E-state index in [-0.39, 0.29) is 51.5 Å². The Hall–Kier alpha value is -2.87. The van der Waals surface area contributed by atoms with Crippen molar-refractivity contribution in [3.63, 3.8) is 0 Å². The highest BCUT2D eigenvalue weighted by atomic mass is 32.1. The molecule has 3 fully saturated rings. The number of nitrogens with one attached hydrogen (secondary N) is 2. The number of thiazole rings is 1. The van der Waals surface area contributed by atoms with Gasteiger partial charge in [-0.3, -0.25) is 9.59 Å². The highest BCUT2D eigenvalue weighted by Gasteiger charge is 2.44. The van der Waals surface area contributed by atoms with E-state index in [2.05, 4.69) is 20.6 Å². The van der Waals surface area contributed by atoms with E-state index in [1.54, 1.807) is 4.90 Å². The van der Waals surface area contributed by atoms with Crippen molar-refractivity contribution in [2.45, 2.75) is 101 Å². The second kappa shape index (κ2) is 11.2. The Morgan fingerprint density at radius 1 is 1.15 bits per heavy atom. The molecule has 2 aliphatic heterocycles. The molecule has 2 aromatic rings. The Kier molecular flexibility index (Phi) is 8.01. The van der Waals surface area contributed by atoms with E-state index in [4.69, 9.17) is 0 Å². The van der Waals surface area contributed by atoms with Crippen LogP contribution in [0.4, 0.5) is 27.8 Å². The van der Waals surface area contributed by atoms with Gasteiger partial charge in [0.05, 0.1) is 11.0 Å². The Morgan fingerprint density at radius 3 is 2.38 bits per heavy atom. The Morgan fingerprint density at radius 2 is 1.82 bits per heavy atom. The molecule has 2 saturated heterocycles. The third kappa shape index (κ3) is 5.65. The maximum Gasteiger partial charge on any atom is 0.408 e. The number of nitrogens with zero attached hydrogens (tertiary/aromatic N) is 3. The van der Waals surface area contributed by atoms with Gasteiger partial charge >= 0.3 is 6.18 Å². The van der Waals surface area contributed by atoms with Crippen LogP contribution in [0.5, 0.6) is 0 Å². The first kappa shape index (κ1) is 28.7. The zero-order valence-corrected chi connectivity index (χ0v) is 22.5. The minimum atomic E-state index is -4.61. The maximum absolute atomic E-state index is 14.3. The topological polar surface area (TPSA) is 107 Å². The molecule has 3 N–H and O–H groups in total. The fourth-order valence-corrected chi connectivity index (χ4v) is 6.95. The molecule has 0 aromatic carbocycles. The molecule has 8 nitrogen and oxygen atoms in total. The van der Waals surface area contributed by atoms with E-state index in [0.717, 1.165) is 49.3 Å². The first-order chi connectivity index (χ1) is 19.0. The fraction of sp³-hybridized carbons (Fsp3) is 0.615. The van der Waals surface area contributed by atoms with Gasteiger partial charge in [0.15, 0.2) is 5.01 Å². The number of alkyl halides is 5. The van der Waals surface area contributed by atoms with Crippen LogP contribution in [0.3, 0.4) is 0 Å². The van der Waals surface area contributed by atoms with Gasteiger partial charge in [-0.1, -0.05) is 6.92 Å². The van der Waals surface area contributed by atoms with Gasteiger partial charge in [-0.25, -0.2) is 18.7 Å². The molecule has 2 aromatic heterocycles. The molecule has 40 heavy (non-hydrogen) atoms. The molecule has 14 heteroatoms. The first-order valence-corrected chi connectivity index (χ1v) is 14.2. The average molecular weight is 588 g/mol. The summed E-state index contributed by atoms with van der Waals surface area (Å²) in [5.41, 5.74) is -0.933. The number of aliphatic hydroxyl groups is 1. The smallest absolute Gasteiger partial charge is 0.393 e. The maximum atomic E-state index is 14.3. The number of hydrogen-bond donors (Lipinski definition) is 3. The molecular weight excluding hydrogens is 557 g/mol. The average Bonchev–Trinajstić information content (AvgIpc) is 3.70. The minimum absolute atomic E-state index is 0.0110. The lowest BCUT2D eigenvalue weighted by molar-refractivity contribution is -0.142. The molecular formula is C26H30F5N5O3S. The highest BCUT2D eigenvalue weighted by molar-refractivity contribution is 7.17. The second-order valence-electron chi connectivity index (χ2n) is 10.6. The van der Waals surface area contributed by atoms with Gasteiger partial charge < -0.3 is 20.6 Å². The summed E-state index contributed by atoms with van der Waals surface area (Å²) >= 11 is 0.768. The largest absolute Gasteiger partial charge is 0.408 e.